The molecule has 0 aromatic heterocycles. The third-order valence-corrected chi connectivity index (χ3v) is 5.98. The fraction of sp³-hybridized carbons (Fsp3) is 0.529. The number of benzene rings is 2. The molecule has 2 rings (SSSR count). The second-order valence-corrected chi connectivity index (χ2v) is 9.34. The Hall–Kier alpha value is -2.25. The van der Waals surface area contributed by atoms with Crippen LogP contribution in [-0.2, 0) is 29.3 Å². The molecule has 0 spiro atoms. The molecule has 220 valence electrons. The molecule has 0 atom stereocenters. The Kier molecular flexibility index (Phi) is 27.3. The van der Waals surface area contributed by atoms with Gasteiger partial charge in [-0.15, -0.1) is 4.79 Å². The summed E-state index contributed by atoms with van der Waals surface area (Å²) in [5, 5.41) is 15.1. The van der Waals surface area contributed by atoms with Gasteiger partial charge in [-0.3, -0.25) is 0 Å². The van der Waals surface area contributed by atoms with Crippen molar-refractivity contribution in [2.75, 3.05) is 13.2 Å². The molecule has 0 fully saturated rings. The minimum atomic E-state index is 0. The Bertz CT molecular complexity index is 954. The second-order valence-electron chi connectivity index (χ2n) is 9.34. The zero-order valence-corrected chi connectivity index (χ0v) is 26.0. The topological polar surface area (TPSA) is 76.9 Å². The summed E-state index contributed by atoms with van der Waals surface area (Å²) < 4.78 is 0. The van der Waals surface area contributed by atoms with Crippen molar-refractivity contribution in [3.05, 3.63) is 88.0 Å². The van der Waals surface area contributed by atoms with Gasteiger partial charge in [-0.1, -0.05) is 101 Å². The van der Waals surface area contributed by atoms with E-state index in [4.69, 9.17) is 15.7 Å². The van der Waals surface area contributed by atoms with E-state index in [0.29, 0.717) is 0 Å². The van der Waals surface area contributed by atoms with E-state index in [9.17, 15) is 0 Å². The van der Waals surface area contributed by atoms with Gasteiger partial charge in [-0.2, -0.15) is 0 Å². The van der Waals surface area contributed by atoms with Crippen LogP contribution in [0, 0.1) is 0 Å². The molecule has 2 aromatic rings. The Morgan fingerprint density at radius 2 is 1.13 bits per heavy atom. The first-order valence-corrected chi connectivity index (χ1v) is 14.6. The molecule has 0 aliphatic rings. The van der Waals surface area contributed by atoms with Crippen LogP contribution in [0.3, 0.4) is 0 Å². The minimum absolute atomic E-state index is 0. The maximum atomic E-state index is 9.13. The van der Waals surface area contributed by atoms with Crippen LogP contribution in [0.4, 0.5) is 0 Å². The Labute approximate surface area is 248 Å². The average molecular weight is 579 g/mol. The molecule has 0 saturated heterocycles. The Morgan fingerprint density at radius 3 is 1.54 bits per heavy atom. The van der Waals surface area contributed by atoms with Crippen molar-refractivity contribution in [3.8, 4) is 0 Å². The van der Waals surface area contributed by atoms with Gasteiger partial charge in [-0.25, -0.2) is 0 Å². The monoisotopic (exact) mass is 578 g/mol. The fourth-order valence-electron chi connectivity index (χ4n) is 3.94. The molecule has 0 bridgehead atoms. The van der Waals surface area contributed by atoms with E-state index >= 15 is 0 Å². The van der Waals surface area contributed by atoms with Crippen LogP contribution in [0.2, 0.25) is 0 Å². The number of unbranched alkanes of at least 4 members (excludes halogenated alkanes) is 5. The van der Waals surface area contributed by atoms with Crippen LogP contribution in [0.5, 0.6) is 0 Å². The summed E-state index contributed by atoms with van der Waals surface area (Å²) in [6, 6.07) is 17.9. The molecule has 0 aliphatic carbocycles. The molecule has 39 heavy (non-hydrogen) atoms. The number of aliphatic hydroxyl groups excluding tert-OH is 2. The van der Waals surface area contributed by atoms with Gasteiger partial charge in [0.05, 0.1) is 5.57 Å². The van der Waals surface area contributed by atoms with Gasteiger partial charge in [0.25, 0.3) is 0 Å². The first-order chi connectivity index (χ1) is 18.5. The smallest absolute Gasteiger partial charge is 0.303 e. The number of allylic oxidation sites excluding steroid dienone is 2. The molecule has 5 heteroatoms. The van der Waals surface area contributed by atoms with Crippen molar-refractivity contribution in [2.45, 2.75) is 105 Å². The summed E-state index contributed by atoms with van der Waals surface area (Å²) in [7, 11) is 0. The maximum absolute atomic E-state index is 9.13. The SMILES string of the molecule is CCCCCCc1ccc(C(=CC(=C=[N+]=[N-])CCCC)c2ccc(CCCC)cc2)cc1.CCO.CCO.[Ni]. The molecule has 0 amide bonds. The first kappa shape index (κ1) is 38.9. The molecule has 4 nitrogen and oxygen atoms in total. The van der Waals surface area contributed by atoms with Crippen molar-refractivity contribution in [1.82, 2.24) is 0 Å². The van der Waals surface area contributed by atoms with Crippen molar-refractivity contribution in [3.63, 3.8) is 0 Å². The van der Waals surface area contributed by atoms with Gasteiger partial charge in [0.15, 0.2) is 0 Å². The number of hydrogen-bond acceptors (Lipinski definition) is 2. The Morgan fingerprint density at radius 1 is 0.692 bits per heavy atom. The summed E-state index contributed by atoms with van der Waals surface area (Å²) in [6.07, 6.45) is 15.0. The maximum Gasteiger partial charge on any atom is 0.303 e. The van der Waals surface area contributed by atoms with Crippen molar-refractivity contribution in [1.29, 1.82) is 0 Å². The third kappa shape index (κ3) is 18.6. The summed E-state index contributed by atoms with van der Waals surface area (Å²) in [6.45, 7) is 10.5. The van der Waals surface area contributed by atoms with Crippen molar-refractivity contribution >= 4 is 11.4 Å². The van der Waals surface area contributed by atoms with Gasteiger partial charge in [0, 0.05) is 29.7 Å². The summed E-state index contributed by atoms with van der Waals surface area (Å²) in [4.78, 5) is 3.21. The molecule has 2 N–H and O–H groups in total. The van der Waals surface area contributed by atoms with Crippen LogP contribution in [0.25, 0.3) is 11.1 Å². The van der Waals surface area contributed by atoms with E-state index in [-0.39, 0.29) is 29.7 Å². The predicted octanol–water partition coefficient (Wildman–Crippen LogP) is 8.59. The van der Waals surface area contributed by atoms with Crippen LogP contribution in [-0.4, -0.2) is 34.1 Å². The number of rotatable bonds is 14. The average Bonchev–Trinajstić information content (AvgIpc) is 2.93. The van der Waals surface area contributed by atoms with Gasteiger partial charge in [0.2, 0.25) is 0 Å². The van der Waals surface area contributed by atoms with Gasteiger partial charge >= 0.3 is 5.87 Å². The normalized spacial score (nSPS) is 10.1. The number of hydrogen-bond donors (Lipinski definition) is 2. The van der Waals surface area contributed by atoms with E-state index in [1.165, 1.54) is 60.8 Å². The predicted molar refractivity (Wildman–Crippen MR) is 164 cm³/mol. The fourth-order valence-corrected chi connectivity index (χ4v) is 3.94. The Balaban J connectivity index is 0. The molecule has 0 radical (unpaired) electrons. The summed E-state index contributed by atoms with van der Waals surface area (Å²) >= 11 is 0. The second kappa shape index (κ2) is 27.3. The van der Waals surface area contributed by atoms with Crippen LogP contribution in [0.1, 0.15) is 115 Å². The van der Waals surface area contributed by atoms with E-state index in [1.54, 1.807) is 13.8 Å². The summed E-state index contributed by atoms with van der Waals surface area (Å²) in [5.74, 6) is 2.80. The zero-order chi connectivity index (χ0) is 28.4. The number of aryl methyl sites for hydroxylation is 2. The zero-order valence-electron chi connectivity index (χ0n) is 25.0. The van der Waals surface area contributed by atoms with Crippen molar-refractivity contribution < 1.29 is 31.5 Å². The van der Waals surface area contributed by atoms with E-state index in [2.05, 4.69) is 86.0 Å². The third-order valence-electron chi connectivity index (χ3n) is 5.98. The molecule has 0 heterocycles. The van der Waals surface area contributed by atoms with Gasteiger partial charge in [0.1, 0.15) is 0 Å². The van der Waals surface area contributed by atoms with E-state index in [0.717, 1.165) is 43.3 Å². The standard InChI is InChI=1S/C30H40N2.2C2H6O.Ni/c1-4-7-10-11-14-26-17-21-29(22-18-26)30(23-27(24-32-31)13-9-6-3)28-19-15-25(16-20-28)12-8-5-2;2*1-2-3;/h15-23H,4-14H2,1-3H3;2*3H,2H2,1H3;. The molecule has 0 unspecified atom stereocenters. The van der Waals surface area contributed by atoms with Crippen LogP contribution < -0.4 is 0 Å². The van der Waals surface area contributed by atoms with Crippen LogP contribution in [0.15, 0.2) is 60.2 Å². The van der Waals surface area contributed by atoms with E-state index < -0.39 is 0 Å². The van der Waals surface area contributed by atoms with Crippen LogP contribution >= 0.6 is 0 Å². The first-order valence-electron chi connectivity index (χ1n) is 14.6. The molecular formula is C34H52N2NiO2. The number of aliphatic hydroxyl groups is 2. The summed E-state index contributed by atoms with van der Waals surface area (Å²) in [5.41, 5.74) is 16.4. The molecule has 0 saturated carbocycles. The van der Waals surface area contributed by atoms with Gasteiger partial charge < -0.3 is 15.7 Å². The minimum Gasteiger partial charge on any atom is -0.397 e. The van der Waals surface area contributed by atoms with E-state index in [1.807, 2.05) is 0 Å². The molecular weight excluding hydrogens is 527 g/mol. The molecule has 2 aromatic carbocycles. The quantitative estimate of drug-likeness (QED) is 0.0587. The largest absolute Gasteiger partial charge is 0.397 e. The molecule has 0 aliphatic heterocycles. The van der Waals surface area contributed by atoms with Crippen molar-refractivity contribution in [2.24, 2.45) is 0 Å². The van der Waals surface area contributed by atoms with Gasteiger partial charge in [-0.05, 0) is 86.3 Å². The number of nitrogens with zero attached hydrogens (tertiary/aromatic N) is 2.